The lowest BCUT2D eigenvalue weighted by atomic mass is 10.2. The minimum Gasteiger partial charge on any atom is -0.333 e. The number of fused-ring (bicyclic) bond motifs is 1. The van der Waals surface area contributed by atoms with Crippen molar-refractivity contribution in [2.24, 2.45) is 4.99 Å². The highest BCUT2D eigenvalue weighted by Gasteiger charge is 1.98. The molecule has 18 heavy (non-hydrogen) atoms. The van der Waals surface area contributed by atoms with Crippen molar-refractivity contribution in [3.8, 4) is 11.8 Å². The Morgan fingerprint density at radius 1 is 1.22 bits per heavy atom. The van der Waals surface area contributed by atoms with Gasteiger partial charge in [0.25, 0.3) is 0 Å². The second kappa shape index (κ2) is 4.50. The third-order valence-corrected chi connectivity index (χ3v) is 2.76. The van der Waals surface area contributed by atoms with Gasteiger partial charge in [0.1, 0.15) is 11.3 Å². The summed E-state index contributed by atoms with van der Waals surface area (Å²) in [6, 6.07) is 8.25. The SMILES string of the molecule is Fc1cccc(C#Cc2cc3c([nH]2)=NCCC=3)c1. The molecule has 2 nitrogen and oxygen atoms in total. The molecule has 0 unspecified atom stereocenters. The smallest absolute Gasteiger partial charge is 0.132 e. The molecule has 3 heteroatoms. The van der Waals surface area contributed by atoms with Crippen LogP contribution in [0.4, 0.5) is 4.39 Å². The number of nitrogens with zero attached hydrogens (tertiary/aromatic N) is 1. The van der Waals surface area contributed by atoms with Gasteiger partial charge in [-0.2, -0.15) is 0 Å². The first-order valence-electron chi connectivity index (χ1n) is 5.82. The van der Waals surface area contributed by atoms with Crippen molar-refractivity contribution < 1.29 is 4.39 Å². The summed E-state index contributed by atoms with van der Waals surface area (Å²) in [5.41, 5.74) is 2.37. The van der Waals surface area contributed by atoms with Crippen LogP contribution in [0.1, 0.15) is 17.7 Å². The number of rotatable bonds is 0. The highest BCUT2D eigenvalue weighted by molar-refractivity contribution is 5.41. The first kappa shape index (κ1) is 10.8. The molecule has 1 aliphatic rings. The van der Waals surface area contributed by atoms with Crippen molar-refractivity contribution in [1.82, 2.24) is 4.98 Å². The van der Waals surface area contributed by atoms with Crippen molar-refractivity contribution in [1.29, 1.82) is 0 Å². The summed E-state index contributed by atoms with van der Waals surface area (Å²) in [5.74, 6) is 5.66. The molecule has 0 spiro atoms. The van der Waals surface area contributed by atoms with Gasteiger partial charge in [-0.25, -0.2) is 4.39 Å². The summed E-state index contributed by atoms with van der Waals surface area (Å²) in [4.78, 5) is 7.52. The van der Waals surface area contributed by atoms with Crippen LogP contribution in [-0.4, -0.2) is 11.5 Å². The average molecular weight is 238 g/mol. The number of aromatic nitrogens is 1. The summed E-state index contributed by atoms with van der Waals surface area (Å²) in [6.45, 7) is 0.824. The number of H-pyrrole nitrogens is 1. The fourth-order valence-corrected chi connectivity index (χ4v) is 1.92. The fourth-order valence-electron chi connectivity index (χ4n) is 1.92. The van der Waals surface area contributed by atoms with E-state index in [0.29, 0.717) is 5.56 Å². The topological polar surface area (TPSA) is 28.1 Å². The van der Waals surface area contributed by atoms with Crippen LogP contribution in [0.2, 0.25) is 0 Å². The minimum absolute atomic E-state index is 0.268. The molecule has 2 aromatic rings. The fraction of sp³-hybridized carbons (Fsp3) is 0.133. The maximum atomic E-state index is 13.0. The summed E-state index contributed by atoms with van der Waals surface area (Å²) in [6.07, 6.45) is 3.12. The molecular weight excluding hydrogens is 227 g/mol. The lowest BCUT2D eigenvalue weighted by molar-refractivity contribution is 0.627. The minimum atomic E-state index is -0.268. The molecule has 0 atom stereocenters. The second-order valence-electron chi connectivity index (χ2n) is 4.12. The van der Waals surface area contributed by atoms with Crippen LogP contribution in [-0.2, 0) is 0 Å². The molecule has 0 fully saturated rings. The number of aromatic amines is 1. The number of nitrogens with one attached hydrogen (secondary N) is 1. The van der Waals surface area contributed by atoms with Gasteiger partial charge in [-0.15, -0.1) is 0 Å². The molecule has 1 N–H and O–H groups in total. The lowest BCUT2D eigenvalue weighted by Gasteiger charge is -1.91. The number of halogens is 1. The van der Waals surface area contributed by atoms with Gasteiger partial charge in [0, 0.05) is 17.3 Å². The molecular formula is C15H11FN2. The predicted octanol–water partition coefficient (Wildman–Crippen LogP) is 1.36. The molecule has 1 aromatic heterocycles. The molecule has 3 rings (SSSR count). The van der Waals surface area contributed by atoms with Crippen molar-refractivity contribution in [2.45, 2.75) is 6.42 Å². The van der Waals surface area contributed by atoms with Crippen LogP contribution >= 0.6 is 0 Å². The van der Waals surface area contributed by atoms with Gasteiger partial charge in [0.15, 0.2) is 0 Å². The van der Waals surface area contributed by atoms with E-state index in [4.69, 9.17) is 0 Å². The summed E-state index contributed by atoms with van der Waals surface area (Å²) < 4.78 is 13.0. The Kier molecular flexibility index (Phi) is 2.70. The van der Waals surface area contributed by atoms with Gasteiger partial charge >= 0.3 is 0 Å². The third-order valence-electron chi connectivity index (χ3n) is 2.76. The zero-order chi connectivity index (χ0) is 12.4. The van der Waals surface area contributed by atoms with Gasteiger partial charge in [-0.05, 0) is 36.6 Å². The predicted molar refractivity (Wildman–Crippen MR) is 67.9 cm³/mol. The Labute approximate surface area is 104 Å². The summed E-state index contributed by atoms with van der Waals surface area (Å²) in [7, 11) is 0. The normalized spacial score (nSPS) is 12.7. The monoisotopic (exact) mass is 238 g/mol. The molecule has 1 aliphatic heterocycles. The van der Waals surface area contributed by atoms with Crippen LogP contribution in [0.3, 0.4) is 0 Å². The van der Waals surface area contributed by atoms with Crippen LogP contribution in [0.25, 0.3) is 6.08 Å². The van der Waals surface area contributed by atoms with E-state index in [9.17, 15) is 4.39 Å². The number of hydrogen-bond donors (Lipinski definition) is 1. The van der Waals surface area contributed by atoms with Crippen molar-refractivity contribution >= 4 is 6.08 Å². The van der Waals surface area contributed by atoms with Crippen LogP contribution in [0.15, 0.2) is 35.3 Å². The van der Waals surface area contributed by atoms with E-state index in [0.717, 1.165) is 29.4 Å². The number of benzene rings is 1. The molecule has 88 valence electrons. The Bertz CT molecular complexity index is 726. The highest BCUT2D eigenvalue weighted by Crippen LogP contribution is 2.01. The Hall–Kier alpha value is -2.34. The maximum absolute atomic E-state index is 13.0. The first-order chi connectivity index (χ1) is 8.81. The average Bonchev–Trinajstić information content (AvgIpc) is 2.79. The standard InChI is InChI=1S/C15H11FN2/c16-13-5-1-3-11(9-13)6-7-14-10-12-4-2-8-17-15(12)18-14/h1,3-5,9-10H,2,8H2,(H,17,18). The van der Waals surface area contributed by atoms with E-state index in [-0.39, 0.29) is 5.82 Å². The largest absolute Gasteiger partial charge is 0.333 e. The van der Waals surface area contributed by atoms with Crippen molar-refractivity contribution in [2.75, 3.05) is 6.54 Å². The molecule has 1 aromatic carbocycles. The molecule has 0 radical (unpaired) electrons. The Balaban J connectivity index is 1.97. The van der Waals surface area contributed by atoms with E-state index in [1.807, 2.05) is 6.07 Å². The van der Waals surface area contributed by atoms with E-state index in [1.54, 1.807) is 12.1 Å². The van der Waals surface area contributed by atoms with E-state index < -0.39 is 0 Å². The molecule has 2 heterocycles. The van der Waals surface area contributed by atoms with Gasteiger partial charge in [0.05, 0.1) is 5.69 Å². The lowest BCUT2D eigenvalue weighted by Crippen LogP contribution is -2.25. The summed E-state index contributed by atoms with van der Waals surface area (Å²) in [5, 5.41) is 1.10. The van der Waals surface area contributed by atoms with E-state index >= 15 is 0 Å². The quantitative estimate of drug-likeness (QED) is 0.671. The third kappa shape index (κ3) is 2.18. The van der Waals surface area contributed by atoms with Crippen LogP contribution < -0.4 is 10.7 Å². The molecule has 0 bridgehead atoms. The first-order valence-corrected chi connectivity index (χ1v) is 5.82. The van der Waals surface area contributed by atoms with Crippen LogP contribution in [0.5, 0.6) is 0 Å². The zero-order valence-corrected chi connectivity index (χ0v) is 9.70. The van der Waals surface area contributed by atoms with Gasteiger partial charge < -0.3 is 4.98 Å². The van der Waals surface area contributed by atoms with Gasteiger partial charge in [0.2, 0.25) is 0 Å². The van der Waals surface area contributed by atoms with E-state index in [2.05, 4.69) is 27.9 Å². The van der Waals surface area contributed by atoms with Crippen molar-refractivity contribution in [3.05, 3.63) is 58.1 Å². The Morgan fingerprint density at radius 2 is 2.17 bits per heavy atom. The molecule has 0 amide bonds. The zero-order valence-electron chi connectivity index (χ0n) is 9.70. The van der Waals surface area contributed by atoms with Gasteiger partial charge in [-0.1, -0.05) is 18.1 Å². The number of hydrogen-bond acceptors (Lipinski definition) is 1. The molecule has 0 saturated heterocycles. The molecule has 0 saturated carbocycles. The maximum Gasteiger partial charge on any atom is 0.132 e. The summed E-state index contributed by atoms with van der Waals surface area (Å²) >= 11 is 0. The Morgan fingerprint density at radius 3 is 3.00 bits per heavy atom. The van der Waals surface area contributed by atoms with E-state index in [1.165, 1.54) is 12.1 Å². The molecule has 0 aliphatic carbocycles. The van der Waals surface area contributed by atoms with Crippen molar-refractivity contribution in [3.63, 3.8) is 0 Å². The highest BCUT2D eigenvalue weighted by atomic mass is 19.1. The second-order valence-corrected chi connectivity index (χ2v) is 4.12. The van der Waals surface area contributed by atoms with Gasteiger partial charge in [-0.3, -0.25) is 4.99 Å². The van der Waals surface area contributed by atoms with Crippen LogP contribution in [0, 0.1) is 17.7 Å².